The van der Waals surface area contributed by atoms with Crippen LogP contribution >= 0.6 is 11.3 Å². The summed E-state index contributed by atoms with van der Waals surface area (Å²) in [7, 11) is 0. The number of nitrogens with two attached hydrogens (primary N) is 1. The number of hydrogen-bond donors (Lipinski definition) is 1. The molecule has 1 aromatic carbocycles. The van der Waals surface area contributed by atoms with Crippen molar-refractivity contribution in [2.45, 2.75) is 66.2 Å². The molecule has 1 amide bonds. The van der Waals surface area contributed by atoms with Gasteiger partial charge in [0.25, 0.3) is 5.56 Å². The van der Waals surface area contributed by atoms with Crippen molar-refractivity contribution >= 4 is 33.4 Å². The number of carbonyl (C=O) groups excluding carboxylic acids is 2. The Hall–Kier alpha value is -3.40. The molecule has 2 N–H and O–H groups in total. The molecule has 9 nitrogen and oxygen atoms in total. The lowest BCUT2D eigenvalue weighted by atomic mass is 10.0. The highest BCUT2D eigenvalue weighted by molar-refractivity contribution is 7.20. The summed E-state index contributed by atoms with van der Waals surface area (Å²) < 4.78 is 13.4. The van der Waals surface area contributed by atoms with Crippen LogP contribution in [0.2, 0.25) is 0 Å². The second kappa shape index (κ2) is 10.1. The predicted molar refractivity (Wildman–Crippen MR) is 135 cm³/mol. The molecule has 0 saturated carbocycles. The first-order chi connectivity index (χ1) is 16.4. The molecule has 2 aromatic heterocycles. The summed E-state index contributed by atoms with van der Waals surface area (Å²) in [5.74, 6) is -0.690. The topological polar surface area (TPSA) is 123 Å². The van der Waals surface area contributed by atoms with E-state index in [1.807, 2.05) is 38.1 Å². The van der Waals surface area contributed by atoms with Crippen LogP contribution in [0.5, 0.6) is 5.75 Å². The molecular weight excluding hydrogens is 470 g/mol. The number of carbonyl (C=O) groups is 2. The molecule has 0 aliphatic rings. The zero-order valence-corrected chi connectivity index (χ0v) is 21.7. The van der Waals surface area contributed by atoms with Gasteiger partial charge in [-0.15, -0.1) is 11.3 Å². The van der Waals surface area contributed by atoms with Crippen molar-refractivity contribution in [1.29, 1.82) is 0 Å². The normalized spacial score (nSPS) is 11.7. The van der Waals surface area contributed by atoms with Crippen LogP contribution in [0.25, 0.3) is 10.2 Å². The Morgan fingerprint density at radius 3 is 2.43 bits per heavy atom. The number of hydrogen-bond acceptors (Lipinski definition) is 7. The number of aromatic nitrogens is 2. The van der Waals surface area contributed by atoms with Crippen molar-refractivity contribution < 1.29 is 19.1 Å². The number of primary amides is 1. The summed E-state index contributed by atoms with van der Waals surface area (Å²) in [4.78, 5) is 52.5. The third kappa shape index (κ3) is 4.88. The molecule has 0 saturated heterocycles. The van der Waals surface area contributed by atoms with E-state index in [9.17, 15) is 19.2 Å². The fourth-order valence-corrected chi connectivity index (χ4v) is 5.06. The van der Waals surface area contributed by atoms with Gasteiger partial charge in [0.1, 0.15) is 21.0 Å². The molecule has 3 aromatic rings. The van der Waals surface area contributed by atoms with Crippen molar-refractivity contribution in [1.82, 2.24) is 9.13 Å². The number of ether oxygens (including phenoxy) is 2. The van der Waals surface area contributed by atoms with E-state index in [1.165, 1.54) is 18.4 Å². The Kier molecular flexibility index (Phi) is 7.54. The Morgan fingerprint density at radius 2 is 1.83 bits per heavy atom. The number of benzene rings is 1. The summed E-state index contributed by atoms with van der Waals surface area (Å²) in [6, 6.07) is 7.52. The Labute approximate surface area is 207 Å². The van der Waals surface area contributed by atoms with Crippen LogP contribution in [0.3, 0.4) is 0 Å². The minimum Gasteiger partial charge on any atom is -0.491 e. The fraction of sp³-hybridized carbons (Fsp3) is 0.440. The monoisotopic (exact) mass is 501 g/mol. The first-order valence-electron chi connectivity index (χ1n) is 11.4. The van der Waals surface area contributed by atoms with Crippen molar-refractivity contribution in [2.75, 3.05) is 6.61 Å². The molecule has 0 fully saturated rings. The van der Waals surface area contributed by atoms with Crippen LogP contribution in [-0.2, 0) is 28.0 Å². The number of esters is 1. The Bertz CT molecular complexity index is 1400. The SMILES string of the molecule is CCOC(=O)c1sc2c(c1C)c(=O)n(C(C)(C)C(N)=O)c(=O)n2CCc1ccccc1OC(C)C. The van der Waals surface area contributed by atoms with Gasteiger partial charge in [-0.05, 0) is 65.2 Å². The fourth-order valence-electron chi connectivity index (χ4n) is 3.85. The molecule has 0 atom stereocenters. The van der Waals surface area contributed by atoms with Gasteiger partial charge in [-0.2, -0.15) is 0 Å². The molecular formula is C25H31N3O6S. The van der Waals surface area contributed by atoms with E-state index in [1.54, 1.807) is 13.8 Å². The number of rotatable bonds is 9. The number of amides is 1. The molecule has 188 valence electrons. The van der Waals surface area contributed by atoms with E-state index < -0.39 is 28.7 Å². The summed E-state index contributed by atoms with van der Waals surface area (Å²) in [5.41, 5.74) is 3.92. The van der Waals surface area contributed by atoms with E-state index in [4.69, 9.17) is 15.2 Å². The molecule has 0 aliphatic carbocycles. The zero-order chi connectivity index (χ0) is 26.1. The maximum absolute atomic E-state index is 13.6. The third-order valence-corrected chi connectivity index (χ3v) is 7.07. The molecule has 0 bridgehead atoms. The molecule has 10 heteroatoms. The van der Waals surface area contributed by atoms with E-state index >= 15 is 0 Å². The minimum atomic E-state index is -1.58. The van der Waals surface area contributed by atoms with Crippen LogP contribution in [0.4, 0.5) is 0 Å². The molecule has 2 heterocycles. The van der Waals surface area contributed by atoms with Gasteiger partial charge in [-0.3, -0.25) is 14.2 Å². The summed E-state index contributed by atoms with van der Waals surface area (Å²) in [6.45, 7) is 10.4. The van der Waals surface area contributed by atoms with Crippen LogP contribution in [0.1, 0.15) is 55.4 Å². The molecule has 0 unspecified atom stereocenters. The van der Waals surface area contributed by atoms with Gasteiger partial charge < -0.3 is 15.2 Å². The minimum absolute atomic E-state index is 0.0315. The number of thiophene rings is 1. The lowest BCUT2D eigenvalue weighted by Gasteiger charge is -2.24. The van der Waals surface area contributed by atoms with Gasteiger partial charge in [0.05, 0.1) is 18.1 Å². The summed E-state index contributed by atoms with van der Waals surface area (Å²) >= 11 is 1.03. The van der Waals surface area contributed by atoms with Gasteiger partial charge in [0.2, 0.25) is 5.91 Å². The zero-order valence-electron chi connectivity index (χ0n) is 20.8. The lowest BCUT2D eigenvalue weighted by molar-refractivity contribution is -0.125. The number of aryl methyl sites for hydroxylation is 3. The first kappa shape index (κ1) is 26.2. The van der Waals surface area contributed by atoms with Gasteiger partial charge in [-0.25, -0.2) is 14.2 Å². The van der Waals surface area contributed by atoms with Crippen LogP contribution in [0.15, 0.2) is 33.9 Å². The van der Waals surface area contributed by atoms with Gasteiger partial charge in [-0.1, -0.05) is 18.2 Å². The van der Waals surface area contributed by atoms with Crippen molar-refractivity contribution in [3.05, 3.63) is 61.1 Å². The molecule has 3 rings (SSSR count). The Balaban J connectivity index is 2.26. The largest absolute Gasteiger partial charge is 0.491 e. The van der Waals surface area contributed by atoms with E-state index in [-0.39, 0.29) is 29.5 Å². The molecule has 35 heavy (non-hydrogen) atoms. The van der Waals surface area contributed by atoms with Gasteiger partial charge >= 0.3 is 11.7 Å². The highest BCUT2D eigenvalue weighted by Gasteiger charge is 2.34. The highest BCUT2D eigenvalue weighted by Crippen LogP contribution is 2.30. The van der Waals surface area contributed by atoms with Crippen LogP contribution < -0.4 is 21.7 Å². The van der Waals surface area contributed by atoms with Gasteiger partial charge in [0, 0.05) is 6.54 Å². The summed E-state index contributed by atoms with van der Waals surface area (Å²) in [5, 5.41) is 0.193. The molecule has 0 aliphatic heterocycles. The maximum Gasteiger partial charge on any atom is 0.348 e. The predicted octanol–water partition coefficient (Wildman–Crippen LogP) is 2.96. The van der Waals surface area contributed by atoms with Crippen molar-refractivity contribution in [2.24, 2.45) is 5.73 Å². The standard InChI is InChI=1S/C25H31N3O6S/c1-7-33-22(30)19-15(4)18-20(29)28(25(5,6)23(26)31)24(32)27(21(18)35-19)13-12-16-10-8-9-11-17(16)34-14(2)3/h8-11,14H,7,12-13H2,1-6H3,(H2,26,31). The number of para-hydroxylation sites is 1. The summed E-state index contributed by atoms with van der Waals surface area (Å²) in [6.07, 6.45) is 0.384. The number of nitrogens with zero attached hydrogens (tertiary/aromatic N) is 2. The van der Waals surface area contributed by atoms with Gasteiger partial charge in [0.15, 0.2) is 0 Å². The van der Waals surface area contributed by atoms with E-state index in [0.29, 0.717) is 22.6 Å². The van der Waals surface area contributed by atoms with Crippen molar-refractivity contribution in [3.8, 4) is 5.75 Å². The second-order valence-corrected chi connectivity index (χ2v) is 9.98. The lowest BCUT2D eigenvalue weighted by Crippen LogP contribution is -2.54. The quantitative estimate of drug-likeness (QED) is 0.450. The Morgan fingerprint density at radius 1 is 1.17 bits per heavy atom. The second-order valence-electron chi connectivity index (χ2n) is 8.98. The van der Waals surface area contributed by atoms with Crippen LogP contribution in [-0.4, -0.2) is 33.7 Å². The van der Waals surface area contributed by atoms with Crippen LogP contribution in [0, 0.1) is 6.92 Å². The van der Waals surface area contributed by atoms with E-state index in [2.05, 4.69) is 0 Å². The average molecular weight is 502 g/mol. The number of fused-ring (bicyclic) bond motifs is 1. The first-order valence-corrected chi connectivity index (χ1v) is 12.2. The molecule has 0 spiro atoms. The third-order valence-electron chi connectivity index (χ3n) is 5.78. The molecule has 0 radical (unpaired) electrons. The highest BCUT2D eigenvalue weighted by atomic mass is 32.1. The smallest absolute Gasteiger partial charge is 0.348 e. The average Bonchev–Trinajstić information content (AvgIpc) is 3.11. The van der Waals surface area contributed by atoms with E-state index in [0.717, 1.165) is 21.5 Å². The maximum atomic E-state index is 13.6. The van der Waals surface area contributed by atoms with Crippen molar-refractivity contribution in [3.63, 3.8) is 0 Å².